The fourth-order valence-electron chi connectivity index (χ4n) is 1.16. The second-order valence-electron chi connectivity index (χ2n) is 3.09. The Labute approximate surface area is 83.4 Å². The number of rotatable bonds is 7. The molecule has 1 aromatic rings. The van der Waals surface area contributed by atoms with Crippen LogP contribution in [0.3, 0.4) is 0 Å². The minimum absolute atomic E-state index is 0.110. The summed E-state index contributed by atoms with van der Waals surface area (Å²) in [5, 5.41) is 24.5. The molecule has 1 heterocycles. The van der Waals surface area contributed by atoms with Crippen molar-refractivity contribution in [3.05, 3.63) is 18.0 Å². The molecular weight excluding hydrogens is 182 g/mol. The van der Waals surface area contributed by atoms with Crippen LogP contribution in [-0.2, 0) is 13.1 Å². The summed E-state index contributed by atoms with van der Waals surface area (Å²) in [5.74, 6) is 0. The second-order valence-corrected chi connectivity index (χ2v) is 3.09. The van der Waals surface area contributed by atoms with Crippen molar-refractivity contribution in [2.45, 2.75) is 19.5 Å². The molecule has 0 aromatic carbocycles. The van der Waals surface area contributed by atoms with E-state index in [1.807, 2.05) is 6.20 Å². The Morgan fingerprint density at radius 1 is 1.36 bits per heavy atom. The van der Waals surface area contributed by atoms with Crippen molar-refractivity contribution in [2.75, 3.05) is 19.8 Å². The van der Waals surface area contributed by atoms with Crippen LogP contribution in [-0.4, -0.2) is 39.8 Å². The van der Waals surface area contributed by atoms with Gasteiger partial charge in [0.05, 0.1) is 19.3 Å². The van der Waals surface area contributed by atoms with E-state index in [1.165, 1.54) is 0 Å². The highest BCUT2D eigenvalue weighted by Crippen LogP contribution is 1.96. The first-order chi connectivity index (χ1) is 6.86. The van der Waals surface area contributed by atoms with Crippen molar-refractivity contribution < 1.29 is 10.2 Å². The van der Waals surface area contributed by atoms with Gasteiger partial charge in [0.15, 0.2) is 0 Å². The molecule has 5 nitrogen and oxygen atoms in total. The van der Waals surface area contributed by atoms with Crippen LogP contribution < -0.4 is 5.32 Å². The van der Waals surface area contributed by atoms with Crippen molar-refractivity contribution in [2.24, 2.45) is 0 Å². The van der Waals surface area contributed by atoms with Gasteiger partial charge in [0.25, 0.3) is 0 Å². The second kappa shape index (κ2) is 6.53. The van der Waals surface area contributed by atoms with E-state index in [2.05, 4.69) is 10.4 Å². The van der Waals surface area contributed by atoms with E-state index in [0.717, 1.165) is 25.1 Å². The molecule has 0 radical (unpaired) electrons. The van der Waals surface area contributed by atoms with Crippen LogP contribution >= 0.6 is 0 Å². The Balaban J connectivity index is 2.22. The van der Waals surface area contributed by atoms with Gasteiger partial charge in [-0.1, -0.05) is 0 Å². The quantitative estimate of drug-likeness (QED) is 0.510. The Hall–Kier alpha value is -0.910. The lowest BCUT2D eigenvalue weighted by molar-refractivity contribution is 0.269. The molecule has 3 N–H and O–H groups in total. The largest absolute Gasteiger partial charge is 0.396 e. The number of nitrogens with one attached hydrogen (secondary N) is 1. The van der Waals surface area contributed by atoms with Crippen molar-refractivity contribution in [3.63, 3.8) is 0 Å². The van der Waals surface area contributed by atoms with E-state index in [4.69, 9.17) is 10.2 Å². The van der Waals surface area contributed by atoms with Gasteiger partial charge in [0, 0.05) is 24.9 Å². The van der Waals surface area contributed by atoms with Crippen LogP contribution in [0.2, 0.25) is 0 Å². The van der Waals surface area contributed by atoms with Gasteiger partial charge in [-0.3, -0.25) is 4.68 Å². The third-order valence-electron chi connectivity index (χ3n) is 1.86. The predicted octanol–water partition coefficient (Wildman–Crippen LogP) is -0.653. The number of hydrogen-bond donors (Lipinski definition) is 3. The van der Waals surface area contributed by atoms with E-state index >= 15 is 0 Å². The smallest absolute Gasteiger partial charge is 0.0640 e. The first-order valence-corrected chi connectivity index (χ1v) is 4.80. The topological polar surface area (TPSA) is 70.3 Å². The van der Waals surface area contributed by atoms with E-state index in [1.54, 1.807) is 10.9 Å². The molecule has 0 amide bonds. The van der Waals surface area contributed by atoms with Crippen molar-refractivity contribution in [1.29, 1.82) is 0 Å². The first kappa shape index (κ1) is 11.2. The number of nitrogens with zero attached hydrogens (tertiary/aromatic N) is 2. The summed E-state index contributed by atoms with van der Waals surface area (Å²) >= 11 is 0. The van der Waals surface area contributed by atoms with Crippen LogP contribution in [0.25, 0.3) is 0 Å². The molecule has 0 fully saturated rings. The van der Waals surface area contributed by atoms with Crippen LogP contribution in [0.1, 0.15) is 12.0 Å². The summed E-state index contributed by atoms with van der Waals surface area (Å²) < 4.78 is 1.71. The van der Waals surface area contributed by atoms with Gasteiger partial charge in [0.2, 0.25) is 0 Å². The van der Waals surface area contributed by atoms with Gasteiger partial charge >= 0.3 is 0 Å². The summed E-state index contributed by atoms with van der Waals surface area (Å²) in [5.41, 5.74) is 1.09. The fraction of sp³-hybridized carbons (Fsp3) is 0.667. The van der Waals surface area contributed by atoms with Gasteiger partial charge in [-0.05, 0) is 13.0 Å². The highest BCUT2D eigenvalue weighted by molar-refractivity contribution is 5.03. The maximum Gasteiger partial charge on any atom is 0.0640 e. The first-order valence-electron chi connectivity index (χ1n) is 4.80. The summed E-state index contributed by atoms with van der Waals surface area (Å²) in [4.78, 5) is 0. The highest BCUT2D eigenvalue weighted by Gasteiger charge is 1.96. The maximum atomic E-state index is 8.67. The Kier molecular flexibility index (Phi) is 5.21. The van der Waals surface area contributed by atoms with Crippen LogP contribution in [0.15, 0.2) is 12.4 Å². The normalized spacial score (nSPS) is 10.7. The van der Waals surface area contributed by atoms with E-state index in [9.17, 15) is 0 Å². The molecule has 0 aliphatic rings. The number of hydrogen-bond acceptors (Lipinski definition) is 4. The van der Waals surface area contributed by atoms with Gasteiger partial charge in [-0.25, -0.2) is 0 Å². The van der Waals surface area contributed by atoms with Gasteiger partial charge < -0.3 is 15.5 Å². The molecule has 0 aliphatic heterocycles. The third-order valence-corrected chi connectivity index (χ3v) is 1.86. The predicted molar refractivity (Wildman–Crippen MR) is 52.7 cm³/mol. The van der Waals surface area contributed by atoms with Gasteiger partial charge in [0.1, 0.15) is 0 Å². The average Bonchev–Trinajstić information content (AvgIpc) is 2.61. The molecule has 14 heavy (non-hydrogen) atoms. The number of aliphatic hydroxyl groups is 2. The molecule has 0 bridgehead atoms. The molecule has 0 saturated heterocycles. The third kappa shape index (κ3) is 3.87. The summed E-state index contributed by atoms with van der Waals surface area (Å²) in [6.07, 6.45) is 4.45. The Morgan fingerprint density at radius 3 is 2.93 bits per heavy atom. The summed E-state index contributed by atoms with van der Waals surface area (Å²) in [7, 11) is 0. The zero-order valence-corrected chi connectivity index (χ0v) is 8.19. The molecule has 0 spiro atoms. The summed E-state index contributed by atoms with van der Waals surface area (Å²) in [6.45, 7) is 2.43. The van der Waals surface area contributed by atoms with Gasteiger partial charge in [-0.2, -0.15) is 5.10 Å². The highest BCUT2D eigenvalue weighted by atomic mass is 16.3. The SMILES string of the molecule is OCCCNCc1cnn(CCO)c1. The lowest BCUT2D eigenvalue weighted by Crippen LogP contribution is -2.15. The molecule has 80 valence electrons. The molecule has 0 unspecified atom stereocenters. The Morgan fingerprint density at radius 2 is 2.21 bits per heavy atom. The Bertz CT molecular complexity index is 250. The maximum absolute atomic E-state index is 8.67. The monoisotopic (exact) mass is 199 g/mol. The zero-order chi connectivity index (χ0) is 10.2. The molecule has 0 atom stereocenters. The minimum atomic E-state index is 0.110. The lowest BCUT2D eigenvalue weighted by atomic mass is 10.3. The fourth-order valence-corrected chi connectivity index (χ4v) is 1.16. The molecule has 1 aromatic heterocycles. The van der Waals surface area contributed by atoms with Crippen LogP contribution in [0.5, 0.6) is 0 Å². The van der Waals surface area contributed by atoms with Crippen molar-refractivity contribution in [3.8, 4) is 0 Å². The lowest BCUT2D eigenvalue weighted by Gasteiger charge is -2.00. The van der Waals surface area contributed by atoms with E-state index in [-0.39, 0.29) is 13.2 Å². The van der Waals surface area contributed by atoms with Crippen LogP contribution in [0, 0.1) is 0 Å². The van der Waals surface area contributed by atoms with Gasteiger partial charge in [-0.15, -0.1) is 0 Å². The zero-order valence-electron chi connectivity index (χ0n) is 8.19. The standard InChI is InChI=1S/C9H17N3O2/c13-4-1-2-10-6-9-7-11-12(8-9)3-5-14/h7-8,10,13-14H,1-6H2. The minimum Gasteiger partial charge on any atom is -0.396 e. The number of aromatic nitrogens is 2. The average molecular weight is 199 g/mol. The molecule has 0 aliphatic carbocycles. The van der Waals surface area contributed by atoms with Crippen molar-refractivity contribution in [1.82, 2.24) is 15.1 Å². The molecule has 0 saturated carbocycles. The molecule has 1 rings (SSSR count). The van der Waals surface area contributed by atoms with E-state index in [0.29, 0.717) is 6.54 Å². The van der Waals surface area contributed by atoms with E-state index < -0.39 is 0 Å². The molecule has 5 heteroatoms. The summed E-state index contributed by atoms with van der Waals surface area (Å²) in [6, 6.07) is 0. The van der Waals surface area contributed by atoms with Crippen LogP contribution in [0.4, 0.5) is 0 Å². The number of aliphatic hydroxyl groups excluding tert-OH is 2. The van der Waals surface area contributed by atoms with Crippen molar-refractivity contribution >= 4 is 0 Å². The molecular formula is C9H17N3O2.